The standard InChI is InChI=1S/C21H30N2O3.C16H22N2O/c1-5-22-14-17(16-10-7-6-8-11-16)21(18(22)24)12-9-13-23(15-21)19(25)26-20(2,3)4;1-2-18-11-14(13-7-4-3-5-8-13)16(15(18)19)9-6-10-17-12-16/h6-8,10-11,17H,5,9,12-15H2,1-4H3;3-5,7-8,14,17H,2,6,9-12H2,1H3. The highest BCUT2D eigenvalue weighted by atomic mass is 16.6. The smallest absolute Gasteiger partial charge is 0.410 e. The van der Waals surface area contributed by atoms with E-state index in [1.165, 1.54) is 11.1 Å². The molecule has 2 spiro atoms. The molecule has 0 aromatic heterocycles. The molecule has 1 N–H and O–H groups in total. The number of nitrogens with one attached hydrogen (secondary N) is 1. The van der Waals surface area contributed by atoms with Crippen LogP contribution in [0.25, 0.3) is 0 Å². The number of hydrogen-bond donors (Lipinski definition) is 1. The van der Waals surface area contributed by atoms with Gasteiger partial charge in [-0.3, -0.25) is 9.59 Å². The summed E-state index contributed by atoms with van der Waals surface area (Å²) in [6, 6.07) is 20.8. The summed E-state index contributed by atoms with van der Waals surface area (Å²) in [7, 11) is 0. The van der Waals surface area contributed by atoms with E-state index in [2.05, 4.69) is 48.6 Å². The van der Waals surface area contributed by atoms with Crippen LogP contribution in [-0.2, 0) is 14.3 Å². The van der Waals surface area contributed by atoms with Gasteiger partial charge in [-0.05, 0) is 78.0 Å². The lowest BCUT2D eigenvalue weighted by atomic mass is 9.69. The Morgan fingerprint density at radius 2 is 1.33 bits per heavy atom. The number of carbonyl (C=O) groups excluding carboxylic acids is 3. The van der Waals surface area contributed by atoms with Gasteiger partial charge in [0, 0.05) is 57.6 Å². The zero-order chi connectivity index (χ0) is 32.2. The lowest BCUT2D eigenvalue weighted by Gasteiger charge is -2.42. The van der Waals surface area contributed by atoms with E-state index < -0.39 is 11.0 Å². The summed E-state index contributed by atoms with van der Waals surface area (Å²) in [5.41, 5.74) is 1.23. The number of amides is 3. The molecule has 6 rings (SSSR count). The Hall–Kier alpha value is -3.39. The monoisotopic (exact) mass is 616 g/mol. The van der Waals surface area contributed by atoms with Crippen LogP contribution in [0.3, 0.4) is 0 Å². The Morgan fingerprint density at radius 1 is 0.822 bits per heavy atom. The molecule has 3 amide bonds. The van der Waals surface area contributed by atoms with E-state index in [0.717, 1.165) is 58.4 Å². The van der Waals surface area contributed by atoms with Crippen molar-refractivity contribution in [3.05, 3.63) is 71.8 Å². The van der Waals surface area contributed by atoms with Gasteiger partial charge in [-0.15, -0.1) is 0 Å². The Morgan fingerprint density at radius 3 is 1.82 bits per heavy atom. The number of carbonyl (C=O) groups is 3. The van der Waals surface area contributed by atoms with Gasteiger partial charge in [-0.2, -0.15) is 0 Å². The molecule has 8 heteroatoms. The predicted octanol–water partition coefficient (Wildman–Crippen LogP) is 5.65. The summed E-state index contributed by atoms with van der Waals surface area (Å²) in [5, 5.41) is 3.44. The van der Waals surface area contributed by atoms with Crippen molar-refractivity contribution in [2.45, 2.75) is 77.7 Å². The minimum Gasteiger partial charge on any atom is -0.444 e. The first-order valence-corrected chi connectivity index (χ1v) is 16.9. The molecule has 4 unspecified atom stereocenters. The third kappa shape index (κ3) is 6.62. The van der Waals surface area contributed by atoms with Gasteiger partial charge in [-0.1, -0.05) is 60.7 Å². The van der Waals surface area contributed by atoms with E-state index in [9.17, 15) is 14.4 Å². The van der Waals surface area contributed by atoms with Crippen molar-refractivity contribution >= 4 is 17.9 Å². The minimum absolute atomic E-state index is 0.112. The summed E-state index contributed by atoms with van der Waals surface area (Å²) in [6.45, 7) is 15.8. The van der Waals surface area contributed by atoms with Gasteiger partial charge in [0.1, 0.15) is 5.60 Å². The number of hydrogen-bond acceptors (Lipinski definition) is 5. The fourth-order valence-corrected chi connectivity index (χ4v) is 8.08. The largest absolute Gasteiger partial charge is 0.444 e. The summed E-state index contributed by atoms with van der Waals surface area (Å²) < 4.78 is 5.57. The van der Waals surface area contributed by atoms with E-state index in [0.29, 0.717) is 31.5 Å². The molecule has 2 aromatic rings. The van der Waals surface area contributed by atoms with Crippen molar-refractivity contribution in [1.82, 2.24) is 20.0 Å². The fourth-order valence-electron chi connectivity index (χ4n) is 8.08. The molecule has 4 heterocycles. The van der Waals surface area contributed by atoms with Gasteiger partial charge < -0.3 is 24.8 Å². The van der Waals surface area contributed by atoms with Gasteiger partial charge in [0.05, 0.1) is 10.8 Å². The molecule has 0 bridgehead atoms. The van der Waals surface area contributed by atoms with E-state index in [1.807, 2.05) is 61.8 Å². The van der Waals surface area contributed by atoms with E-state index in [4.69, 9.17) is 4.74 Å². The van der Waals surface area contributed by atoms with Crippen LogP contribution in [0.2, 0.25) is 0 Å². The highest BCUT2D eigenvalue weighted by Gasteiger charge is 2.56. The topological polar surface area (TPSA) is 82.2 Å². The molecule has 4 fully saturated rings. The highest BCUT2D eigenvalue weighted by molar-refractivity contribution is 5.88. The predicted molar refractivity (Wildman–Crippen MR) is 177 cm³/mol. The van der Waals surface area contributed by atoms with E-state index in [-0.39, 0.29) is 23.3 Å². The number of rotatable bonds is 4. The second-order valence-electron chi connectivity index (χ2n) is 14.2. The van der Waals surface area contributed by atoms with E-state index >= 15 is 0 Å². The van der Waals surface area contributed by atoms with Gasteiger partial charge in [0.2, 0.25) is 11.8 Å². The SMILES string of the molecule is CCN1CC(c2ccccc2)C2(CCCN(C(=O)OC(C)(C)C)C2)C1=O.CCN1CC(c2ccccc2)C2(CCCNC2)C1=O. The maximum Gasteiger partial charge on any atom is 0.410 e. The maximum atomic E-state index is 13.3. The molecular weight excluding hydrogens is 564 g/mol. The highest BCUT2D eigenvalue weighted by Crippen LogP contribution is 2.50. The Kier molecular flexibility index (Phi) is 9.92. The number of likely N-dealkylation sites (N-methyl/N-ethyl adjacent to an activating group) is 2. The van der Waals surface area contributed by atoms with Crippen molar-refractivity contribution in [3.8, 4) is 0 Å². The van der Waals surface area contributed by atoms with Crippen LogP contribution in [0.5, 0.6) is 0 Å². The molecular formula is C37H52N4O4. The third-order valence-electron chi connectivity index (χ3n) is 10.3. The Labute approximate surface area is 269 Å². The third-order valence-corrected chi connectivity index (χ3v) is 10.3. The second kappa shape index (κ2) is 13.5. The molecule has 4 aliphatic heterocycles. The molecule has 8 nitrogen and oxygen atoms in total. The first-order chi connectivity index (χ1) is 21.5. The van der Waals surface area contributed by atoms with Gasteiger partial charge in [0.15, 0.2) is 0 Å². The van der Waals surface area contributed by atoms with Crippen LogP contribution >= 0.6 is 0 Å². The zero-order valence-electron chi connectivity index (χ0n) is 27.9. The number of ether oxygens (including phenoxy) is 1. The molecule has 45 heavy (non-hydrogen) atoms. The van der Waals surface area contributed by atoms with Crippen LogP contribution in [0.1, 0.15) is 83.3 Å². The minimum atomic E-state index is -0.535. The van der Waals surface area contributed by atoms with Crippen molar-refractivity contribution in [3.63, 3.8) is 0 Å². The van der Waals surface area contributed by atoms with Gasteiger partial charge in [-0.25, -0.2) is 4.79 Å². The first-order valence-electron chi connectivity index (χ1n) is 16.9. The van der Waals surface area contributed by atoms with Crippen molar-refractivity contribution in [2.75, 3.05) is 52.4 Å². The van der Waals surface area contributed by atoms with Crippen molar-refractivity contribution in [1.29, 1.82) is 0 Å². The first kappa shape index (κ1) is 33.0. The summed E-state index contributed by atoms with van der Waals surface area (Å²) in [6.07, 6.45) is 3.46. The molecule has 0 aliphatic carbocycles. The maximum absolute atomic E-state index is 13.3. The lowest BCUT2D eigenvalue weighted by molar-refractivity contribution is -0.139. The average molecular weight is 617 g/mol. The van der Waals surface area contributed by atoms with Crippen LogP contribution in [-0.4, -0.2) is 90.6 Å². The molecule has 0 saturated carbocycles. The Balaban J connectivity index is 0.000000186. The quantitative estimate of drug-likeness (QED) is 0.480. The average Bonchev–Trinajstić information content (AvgIpc) is 3.47. The molecule has 4 saturated heterocycles. The van der Waals surface area contributed by atoms with Crippen LogP contribution in [0.15, 0.2) is 60.7 Å². The Bertz CT molecular complexity index is 1320. The molecule has 0 radical (unpaired) electrons. The van der Waals surface area contributed by atoms with E-state index in [1.54, 1.807) is 4.90 Å². The van der Waals surface area contributed by atoms with Crippen LogP contribution in [0, 0.1) is 10.8 Å². The molecule has 4 atom stereocenters. The molecule has 244 valence electrons. The summed E-state index contributed by atoms with van der Waals surface area (Å²) in [5.74, 6) is 0.994. The molecule has 4 aliphatic rings. The zero-order valence-corrected chi connectivity index (χ0v) is 27.9. The number of likely N-dealkylation sites (tertiary alicyclic amines) is 3. The van der Waals surface area contributed by atoms with Crippen LogP contribution in [0.4, 0.5) is 4.79 Å². The number of nitrogens with zero attached hydrogens (tertiary/aromatic N) is 3. The fraction of sp³-hybridized carbons (Fsp3) is 0.595. The number of piperidine rings is 2. The van der Waals surface area contributed by atoms with Gasteiger partial charge >= 0.3 is 6.09 Å². The second-order valence-corrected chi connectivity index (χ2v) is 14.2. The van der Waals surface area contributed by atoms with Crippen LogP contribution < -0.4 is 5.32 Å². The normalized spacial score (nSPS) is 28.4. The summed E-state index contributed by atoms with van der Waals surface area (Å²) >= 11 is 0. The van der Waals surface area contributed by atoms with Crippen molar-refractivity contribution in [2.24, 2.45) is 10.8 Å². The van der Waals surface area contributed by atoms with Crippen molar-refractivity contribution < 1.29 is 19.1 Å². The number of benzene rings is 2. The lowest BCUT2D eigenvalue weighted by Crippen LogP contribution is -2.52. The van der Waals surface area contributed by atoms with Gasteiger partial charge in [0.25, 0.3) is 0 Å². The molecule has 2 aromatic carbocycles. The summed E-state index contributed by atoms with van der Waals surface area (Å²) in [4.78, 5) is 44.4.